The second-order valence-corrected chi connectivity index (χ2v) is 7.61. The minimum Gasteiger partial charge on any atom is -0.475 e. The Morgan fingerprint density at radius 1 is 0.875 bits per heavy atom. The van der Waals surface area contributed by atoms with Gasteiger partial charge in [-0.05, 0) is 18.6 Å². The van der Waals surface area contributed by atoms with Gasteiger partial charge in [-0.15, -0.1) is 0 Å². The predicted molar refractivity (Wildman–Crippen MR) is 102 cm³/mol. The number of furan rings is 1. The Hall–Kier alpha value is -0.900. The number of unbranched alkanes of at least 4 members (excludes halogenated alkanes) is 12. The Morgan fingerprint density at radius 2 is 1.38 bits per heavy atom. The van der Waals surface area contributed by atoms with Gasteiger partial charge in [0.25, 0.3) is 0 Å². The Bertz CT molecular complexity index is 428. The van der Waals surface area contributed by atoms with Gasteiger partial charge < -0.3 is 9.52 Å². The summed E-state index contributed by atoms with van der Waals surface area (Å²) in [4.78, 5) is 10.7. The largest absolute Gasteiger partial charge is 0.475 e. The number of carboxylic acids is 1. The van der Waals surface area contributed by atoms with E-state index in [0.29, 0.717) is 5.09 Å². The van der Waals surface area contributed by atoms with Gasteiger partial charge in [0.05, 0.1) is 0 Å². The lowest BCUT2D eigenvalue weighted by atomic mass is 10.1. The molecule has 0 fully saturated rings. The zero-order chi connectivity index (χ0) is 17.5. The van der Waals surface area contributed by atoms with E-state index in [1.165, 1.54) is 89.5 Å². The van der Waals surface area contributed by atoms with Crippen LogP contribution in [0, 0.1) is 0 Å². The van der Waals surface area contributed by atoms with E-state index in [1.807, 2.05) is 0 Å². The fraction of sp³-hybridized carbons (Fsp3) is 0.750. The first kappa shape index (κ1) is 21.1. The molecule has 0 aliphatic carbocycles. The van der Waals surface area contributed by atoms with Gasteiger partial charge in [-0.25, -0.2) is 4.79 Å². The van der Waals surface area contributed by atoms with Crippen molar-refractivity contribution >= 4 is 17.7 Å². The molecule has 0 atom stereocenters. The second-order valence-electron chi connectivity index (χ2n) is 6.51. The molecule has 1 N–H and O–H groups in total. The molecule has 0 aromatic carbocycles. The van der Waals surface area contributed by atoms with Gasteiger partial charge in [-0.3, -0.25) is 0 Å². The van der Waals surface area contributed by atoms with Crippen LogP contribution in [0.4, 0.5) is 0 Å². The molecule has 1 aromatic heterocycles. The van der Waals surface area contributed by atoms with Crippen LogP contribution in [0.5, 0.6) is 0 Å². The summed E-state index contributed by atoms with van der Waals surface area (Å²) in [7, 11) is 0. The van der Waals surface area contributed by atoms with Gasteiger partial charge in [-0.2, -0.15) is 0 Å². The van der Waals surface area contributed by atoms with E-state index in [0.717, 1.165) is 5.75 Å². The highest BCUT2D eigenvalue weighted by molar-refractivity contribution is 7.99. The summed E-state index contributed by atoms with van der Waals surface area (Å²) in [6.45, 7) is 2.27. The zero-order valence-corrected chi connectivity index (χ0v) is 16.0. The number of hydrogen-bond acceptors (Lipinski definition) is 3. The van der Waals surface area contributed by atoms with Crippen LogP contribution in [0.25, 0.3) is 0 Å². The van der Waals surface area contributed by atoms with Gasteiger partial charge in [-0.1, -0.05) is 95.7 Å². The first-order valence-electron chi connectivity index (χ1n) is 9.70. The Kier molecular flexibility index (Phi) is 12.7. The van der Waals surface area contributed by atoms with Crippen LogP contribution in [0.3, 0.4) is 0 Å². The van der Waals surface area contributed by atoms with Crippen molar-refractivity contribution in [3.8, 4) is 0 Å². The van der Waals surface area contributed by atoms with E-state index in [9.17, 15) is 4.79 Å². The lowest BCUT2D eigenvalue weighted by Gasteiger charge is -2.03. The van der Waals surface area contributed by atoms with Gasteiger partial charge in [0.1, 0.15) is 0 Å². The van der Waals surface area contributed by atoms with Crippen molar-refractivity contribution in [2.75, 3.05) is 5.75 Å². The third kappa shape index (κ3) is 10.8. The molecule has 138 valence electrons. The monoisotopic (exact) mass is 354 g/mol. The second kappa shape index (κ2) is 14.4. The molecule has 1 aromatic rings. The van der Waals surface area contributed by atoms with E-state index in [1.54, 1.807) is 17.8 Å². The maximum Gasteiger partial charge on any atom is 0.371 e. The normalized spacial score (nSPS) is 11.0. The number of rotatable bonds is 16. The van der Waals surface area contributed by atoms with Crippen molar-refractivity contribution in [1.82, 2.24) is 0 Å². The average molecular weight is 355 g/mol. The third-order valence-electron chi connectivity index (χ3n) is 4.28. The van der Waals surface area contributed by atoms with Gasteiger partial charge in [0.15, 0.2) is 5.09 Å². The summed E-state index contributed by atoms with van der Waals surface area (Å²) >= 11 is 1.61. The SMILES string of the molecule is CCCCCCCCCCCCCCCSc1ccc(C(=O)O)o1. The molecule has 0 unspecified atom stereocenters. The molecule has 0 amide bonds. The van der Waals surface area contributed by atoms with E-state index >= 15 is 0 Å². The topological polar surface area (TPSA) is 50.4 Å². The summed E-state index contributed by atoms with van der Waals surface area (Å²) in [5.41, 5.74) is 0. The third-order valence-corrected chi connectivity index (χ3v) is 5.28. The van der Waals surface area contributed by atoms with Crippen LogP contribution >= 0.6 is 11.8 Å². The predicted octanol–water partition coefficient (Wildman–Crippen LogP) is 7.16. The van der Waals surface area contributed by atoms with Crippen molar-refractivity contribution in [2.45, 2.75) is 95.5 Å². The molecule has 0 spiro atoms. The minimum absolute atomic E-state index is 0.0304. The van der Waals surface area contributed by atoms with Crippen molar-refractivity contribution < 1.29 is 14.3 Å². The molecule has 4 heteroatoms. The molecule has 1 rings (SSSR count). The van der Waals surface area contributed by atoms with Crippen molar-refractivity contribution in [3.05, 3.63) is 17.9 Å². The van der Waals surface area contributed by atoms with Crippen LogP contribution < -0.4 is 0 Å². The van der Waals surface area contributed by atoms with Crippen LogP contribution in [-0.2, 0) is 0 Å². The Labute approximate surface area is 151 Å². The summed E-state index contributed by atoms with van der Waals surface area (Å²) in [6.07, 6.45) is 17.7. The quantitative estimate of drug-likeness (QED) is 0.253. The molecule has 0 aliphatic rings. The minimum atomic E-state index is -0.997. The van der Waals surface area contributed by atoms with E-state index in [-0.39, 0.29) is 5.76 Å². The molecule has 0 bridgehead atoms. The molecule has 0 aliphatic heterocycles. The summed E-state index contributed by atoms with van der Waals surface area (Å²) in [5, 5.41) is 9.50. The van der Waals surface area contributed by atoms with Crippen LogP contribution in [0.15, 0.2) is 21.6 Å². The fourth-order valence-corrected chi connectivity index (χ4v) is 3.67. The molecule has 1 heterocycles. The number of hydrogen-bond donors (Lipinski definition) is 1. The number of aromatic carboxylic acids is 1. The van der Waals surface area contributed by atoms with Crippen LogP contribution in [0.1, 0.15) is 101 Å². The van der Waals surface area contributed by atoms with E-state index in [4.69, 9.17) is 9.52 Å². The lowest BCUT2D eigenvalue weighted by Crippen LogP contribution is -1.91. The van der Waals surface area contributed by atoms with Gasteiger partial charge in [0.2, 0.25) is 5.76 Å². The Morgan fingerprint density at radius 3 is 1.83 bits per heavy atom. The number of carboxylic acid groups (broad SMARTS) is 1. The highest BCUT2D eigenvalue weighted by atomic mass is 32.2. The number of carbonyl (C=O) groups is 1. The maximum absolute atomic E-state index is 10.7. The van der Waals surface area contributed by atoms with E-state index in [2.05, 4.69) is 6.92 Å². The Balaban J connectivity index is 1.81. The maximum atomic E-state index is 10.7. The molecule has 0 saturated heterocycles. The number of thioether (sulfide) groups is 1. The molecule has 0 saturated carbocycles. The summed E-state index contributed by atoms with van der Waals surface area (Å²) < 4.78 is 5.22. The first-order valence-corrected chi connectivity index (χ1v) is 10.7. The molecule has 24 heavy (non-hydrogen) atoms. The standard InChI is InChI=1S/C20H34O3S/c1-2-3-4-5-6-7-8-9-10-11-12-13-14-17-24-19-16-15-18(23-19)20(21)22/h15-16H,2-14,17H2,1H3,(H,21,22). The highest BCUT2D eigenvalue weighted by Gasteiger charge is 2.08. The van der Waals surface area contributed by atoms with E-state index < -0.39 is 5.97 Å². The van der Waals surface area contributed by atoms with Crippen LogP contribution in [-0.4, -0.2) is 16.8 Å². The summed E-state index contributed by atoms with van der Waals surface area (Å²) in [6, 6.07) is 3.27. The molecule has 0 radical (unpaired) electrons. The molecular weight excluding hydrogens is 320 g/mol. The van der Waals surface area contributed by atoms with Crippen molar-refractivity contribution in [1.29, 1.82) is 0 Å². The molecule has 3 nitrogen and oxygen atoms in total. The lowest BCUT2D eigenvalue weighted by molar-refractivity contribution is 0.0656. The van der Waals surface area contributed by atoms with Crippen molar-refractivity contribution in [3.63, 3.8) is 0 Å². The fourth-order valence-electron chi connectivity index (χ4n) is 2.81. The van der Waals surface area contributed by atoms with Gasteiger partial charge >= 0.3 is 5.97 Å². The smallest absolute Gasteiger partial charge is 0.371 e. The summed E-state index contributed by atoms with van der Waals surface area (Å²) in [5.74, 6) is 0.0373. The first-order chi connectivity index (χ1) is 11.7. The molecular formula is C20H34O3S. The highest BCUT2D eigenvalue weighted by Crippen LogP contribution is 2.22. The van der Waals surface area contributed by atoms with Crippen molar-refractivity contribution in [2.24, 2.45) is 0 Å². The van der Waals surface area contributed by atoms with Crippen LogP contribution in [0.2, 0.25) is 0 Å². The zero-order valence-electron chi connectivity index (χ0n) is 15.2. The average Bonchev–Trinajstić information content (AvgIpc) is 3.04. The van der Waals surface area contributed by atoms with Gasteiger partial charge in [0, 0.05) is 5.75 Å².